The Kier molecular flexibility index (Phi) is 18.3. The van der Waals surface area contributed by atoms with E-state index in [1.165, 1.54) is 10.8 Å². The van der Waals surface area contributed by atoms with Gasteiger partial charge in [0.25, 0.3) is 5.24 Å². The lowest BCUT2D eigenvalue weighted by atomic mass is 10.1. The SMILES string of the molecule is CCCCCC(=O)NC(CSS(CC)(NC(=O)CCCCC)C(=O)NCCc1ccccc1)C(=O)NCCc1ccccc1. The minimum atomic E-state index is -2.42. The lowest BCUT2D eigenvalue weighted by Crippen LogP contribution is -2.49. The van der Waals surface area contributed by atoms with Gasteiger partial charge in [-0.2, -0.15) is 0 Å². The monoisotopic (exact) mass is 644 g/mol. The van der Waals surface area contributed by atoms with Crippen LogP contribution in [0.1, 0.15) is 83.3 Å². The van der Waals surface area contributed by atoms with Gasteiger partial charge in [0, 0.05) is 37.4 Å². The average Bonchev–Trinajstić information content (AvgIpc) is 3.03. The predicted octanol–water partition coefficient (Wildman–Crippen LogP) is 6.45. The van der Waals surface area contributed by atoms with Crippen LogP contribution in [0.2, 0.25) is 0 Å². The van der Waals surface area contributed by atoms with E-state index in [4.69, 9.17) is 0 Å². The average molecular weight is 645 g/mol. The summed E-state index contributed by atoms with van der Waals surface area (Å²) in [5.74, 6) is -0.0632. The standard InChI is InChI=1S/C34H52N4O4S2/c1-4-7-11-21-31(39)37-30(33(41)35-25-23-28-17-13-9-14-18-28)27-43-44(6-3,38-32(40)22-12-8-5-2)34(42)36-26-24-29-19-15-10-16-20-29/h9-10,13-20,30H,4-8,11-12,21-27H2,1-3H3,(H,35,41)(H,36,42)(H,37,39)(H,38,40). The summed E-state index contributed by atoms with van der Waals surface area (Å²) in [6, 6.07) is 19.0. The van der Waals surface area contributed by atoms with Crippen LogP contribution in [-0.4, -0.2) is 53.6 Å². The fourth-order valence-electron chi connectivity index (χ4n) is 4.52. The lowest BCUT2D eigenvalue weighted by molar-refractivity contribution is -0.128. The van der Waals surface area contributed by atoms with Crippen molar-refractivity contribution < 1.29 is 19.2 Å². The number of unbranched alkanes of at least 4 members (excludes halogenated alkanes) is 4. The minimum absolute atomic E-state index is 0.159. The number of rotatable bonds is 20. The summed E-state index contributed by atoms with van der Waals surface area (Å²) in [6.07, 6.45) is 7.38. The number of hydrogen-bond acceptors (Lipinski definition) is 5. The van der Waals surface area contributed by atoms with Crippen molar-refractivity contribution in [3.8, 4) is 0 Å². The topological polar surface area (TPSA) is 116 Å². The van der Waals surface area contributed by atoms with Crippen molar-refractivity contribution in [1.29, 1.82) is 0 Å². The van der Waals surface area contributed by atoms with Crippen molar-refractivity contribution >= 4 is 43.0 Å². The van der Waals surface area contributed by atoms with Crippen LogP contribution < -0.4 is 20.7 Å². The molecule has 0 saturated carbocycles. The molecule has 0 bridgehead atoms. The second-order valence-corrected chi connectivity index (χ2v) is 16.3. The number of carbonyl (C=O) groups excluding carboxylic acids is 4. The Hall–Kier alpha value is -2.98. The molecule has 0 aliphatic rings. The Morgan fingerprint density at radius 2 is 1.23 bits per heavy atom. The molecule has 4 amide bonds. The maximum atomic E-state index is 13.8. The molecule has 0 radical (unpaired) electrons. The van der Waals surface area contributed by atoms with E-state index in [2.05, 4.69) is 34.5 Å². The molecule has 2 atom stereocenters. The summed E-state index contributed by atoms with van der Waals surface area (Å²) in [4.78, 5) is 53.0. The van der Waals surface area contributed by atoms with E-state index in [0.717, 1.165) is 49.7 Å². The van der Waals surface area contributed by atoms with Gasteiger partial charge in [-0.05, 0) is 46.1 Å². The molecule has 0 spiro atoms. The summed E-state index contributed by atoms with van der Waals surface area (Å²) in [5, 5.41) is 8.72. The van der Waals surface area contributed by atoms with E-state index in [1.54, 1.807) is 0 Å². The van der Waals surface area contributed by atoms with Gasteiger partial charge < -0.3 is 20.7 Å². The molecular formula is C34H52N4O4S2. The van der Waals surface area contributed by atoms with E-state index < -0.39 is 15.3 Å². The zero-order valence-electron chi connectivity index (χ0n) is 26.7. The molecule has 2 aromatic rings. The number of hydrogen-bond donors (Lipinski definition) is 4. The Balaban J connectivity index is 2.16. The maximum absolute atomic E-state index is 13.8. The van der Waals surface area contributed by atoms with Crippen molar-refractivity contribution in [1.82, 2.24) is 20.7 Å². The number of benzene rings is 2. The highest BCUT2D eigenvalue weighted by atomic mass is 33.2. The van der Waals surface area contributed by atoms with E-state index in [0.29, 0.717) is 44.5 Å². The van der Waals surface area contributed by atoms with Crippen LogP contribution in [0, 0.1) is 0 Å². The molecule has 0 heterocycles. The molecule has 8 nitrogen and oxygen atoms in total. The highest BCUT2D eigenvalue weighted by molar-refractivity contribution is 8.99. The molecule has 244 valence electrons. The van der Waals surface area contributed by atoms with E-state index in [9.17, 15) is 19.2 Å². The molecule has 0 saturated heterocycles. The summed E-state index contributed by atoms with van der Waals surface area (Å²) in [6.45, 7) is 6.91. The summed E-state index contributed by atoms with van der Waals surface area (Å²) < 4.78 is 3.09. The second kappa shape index (κ2) is 21.7. The van der Waals surface area contributed by atoms with Gasteiger partial charge in [-0.3, -0.25) is 19.2 Å². The maximum Gasteiger partial charge on any atom is 0.287 e. The Labute approximate surface area is 269 Å². The number of amides is 4. The third-order valence-corrected chi connectivity index (χ3v) is 13.2. The molecule has 4 N–H and O–H groups in total. The van der Waals surface area contributed by atoms with Crippen LogP contribution in [-0.2, 0) is 27.2 Å². The molecule has 0 aliphatic heterocycles. The van der Waals surface area contributed by atoms with Gasteiger partial charge in [-0.25, -0.2) is 0 Å². The van der Waals surface area contributed by atoms with Crippen molar-refractivity contribution in [2.75, 3.05) is 24.6 Å². The van der Waals surface area contributed by atoms with E-state index in [1.807, 2.05) is 67.6 Å². The van der Waals surface area contributed by atoms with Gasteiger partial charge in [0.05, 0.1) is 0 Å². The lowest BCUT2D eigenvalue weighted by Gasteiger charge is -2.37. The Morgan fingerprint density at radius 3 is 1.75 bits per heavy atom. The minimum Gasteiger partial charge on any atom is -0.354 e. The largest absolute Gasteiger partial charge is 0.354 e. The molecule has 0 aliphatic carbocycles. The first-order valence-electron chi connectivity index (χ1n) is 16.0. The van der Waals surface area contributed by atoms with Gasteiger partial charge in [-0.1, -0.05) is 118 Å². The van der Waals surface area contributed by atoms with Gasteiger partial charge >= 0.3 is 0 Å². The fraction of sp³-hybridized carbons (Fsp3) is 0.529. The summed E-state index contributed by atoms with van der Waals surface area (Å²) in [7, 11) is -1.13. The van der Waals surface area contributed by atoms with Gasteiger partial charge in [0.1, 0.15) is 6.04 Å². The quantitative estimate of drug-likeness (QED) is 0.0977. The third kappa shape index (κ3) is 14.2. The van der Waals surface area contributed by atoms with E-state index in [-0.39, 0.29) is 28.7 Å². The van der Waals surface area contributed by atoms with Gasteiger partial charge in [0.15, 0.2) is 0 Å². The van der Waals surface area contributed by atoms with Gasteiger partial charge in [-0.15, -0.1) is 0 Å². The Bertz CT molecular complexity index is 1140. The van der Waals surface area contributed by atoms with Crippen molar-refractivity contribution in [3.05, 3.63) is 71.8 Å². The van der Waals surface area contributed by atoms with Crippen LogP contribution in [0.4, 0.5) is 4.79 Å². The molecule has 0 aromatic heterocycles. The first kappa shape index (κ1) is 37.2. The molecule has 2 rings (SSSR count). The van der Waals surface area contributed by atoms with Crippen molar-refractivity contribution in [2.45, 2.75) is 91.0 Å². The fourth-order valence-corrected chi connectivity index (χ4v) is 9.32. The molecule has 10 heteroatoms. The normalized spacial score (nSPS) is 13.6. The number of nitrogens with one attached hydrogen (secondary N) is 4. The van der Waals surface area contributed by atoms with Crippen LogP contribution in [0.5, 0.6) is 0 Å². The molecule has 2 unspecified atom stereocenters. The van der Waals surface area contributed by atoms with Crippen LogP contribution in [0.25, 0.3) is 0 Å². The van der Waals surface area contributed by atoms with Crippen molar-refractivity contribution in [2.24, 2.45) is 0 Å². The predicted molar refractivity (Wildman–Crippen MR) is 186 cm³/mol. The number of carbonyl (C=O) groups is 4. The highest BCUT2D eigenvalue weighted by Gasteiger charge is 2.35. The first-order valence-corrected chi connectivity index (χ1v) is 19.3. The molecule has 44 heavy (non-hydrogen) atoms. The van der Waals surface area contributed by atoms with Crippen LogP contribution in [0.3, 0.4) is 0 Å². The molecular weight excluding hydrogens is 593 g/mol. The second-order valence-electron chi connectivity index (χ2n) is 10.8. The summed E-state index contributed by atoms with van der Waals surface area (Å²) >= 11 is 0. The highest BCUT2D eigenvalue weighted by Crippen LogP contribution is 2.57. The molecule has 2 aromatic carbocycles. The van der Waals surface area contributed by atoms with Gasteiger partial charge in [0.2, 0.25) is 17.7 Å². The van der Waals surface area contributed by atoms with Crippen molar-refractivity contribution in [3.63, 3.8) is 0 Å². The smallest absolute Gasteiger partial charge is 0.287 e. The van der Waals surface area contributed by atoms with Crippen LogP contribution >= 0.6 is 20.0 Å². The van der Waals surface area contributed by atoms with E-state index >= 15 is 0 Å². The zero-order valence-corrected chi connectivity index (χ0v) is 28.3. The third-order valence-electron chi connectivity index (χ3n) is 7.17. The first-order chi connectivity index (χ1) is 21.3. The van der Waals surface area contributed by atoms with Crippen LogP contribution in [0.15, 0.2) is 60.7 Å². The summed E-state index contributed by atoms with van der Waals surface area (Å²) in [5.41, 5.74) is 2.22. The Morgan fingerprint density at radius 1 is 0.705 bits per heavy atom. The zero-order chi connectivity index (χ0) is 32.0. The molecule has 0 fully saturated rings.